The fourth-order valence-corrected chi connectivity index (χ4v) is 0.852. The van der Waals surface area contributed by atoms with Crippen molar-refractivity contribution in [2.75, 3.05) is 6.67 Å². The quantitative estimate of drug-likeness (QED) is 0.522. The molecule has 0 aliphatic rings. The summed E-state index contributed by atoms with van der Waals surface area (Å²) in [6, 6.07) is 0. The van der Waals surface area contributed by atoms with Crippen LogP contribution in [0.25, 0.3) is 0 Å². The number of nitro groups is 1. The highest BCUT2D eigenvalue weighted by atomic mass is 19.1. The van der Waals surface area contributed by atoms with Crippen molar-refractivity contribution >= 4 is 5.95 Å². The number of hydrogen-bond donors (Lipinski definition) is 2. The van der Waals surface area contributed by atoms with Gasteiger partial charge in [-0.15, -0.1) is 0 Å². The van der Waals surface area contributed by atoms with Crippen molar-refractivity contribution in [1.29, 1.82) is 0 Å². The Balaban J connectivity index is 2.64. The van der Waals surface area contributed by atoms with Gasteiger partial charge in [-0.25, -0.2) is 9.37 Å². The van der Waals surface area contributed by atoms with Gasteiger partial charge in [0.05, 0.1) is 6.10 Å². The van der Waals surface area contributed by atoms with Gasteiger partial charge < -0.3 is 15.2 Å². The summed E-state index contributed by atoms with van der Waals surface area (Å²) in [7, 11) is 0. The predicted octanol–water partition coefficient (Wildman–Crippen LogP) is 0.191. The van der Waals surface area contributed by atoms with Crippen LogP contribution in [0.15, 0.2) is 6.20 Å². The highest BCUT2D eigenvalue weighted by Gasteiger charge is 2.14. The van der Waals surface area contributed by atoms with Crippen LogP contribution < -0.4 is 0 Å². The molecule has 2 N–H and O–H groups in total. The minimum atomic E-state index is -1.14. The van der Waals surface area contributed by atoms with Gasteiger partial charge in [-0.3, -0.25) is 0 Å². The molecule has 1 aromatic heterocycles. The zero-order chi connectivity index (χ0) is 9.84. The second-order valence-corrected chi connectivity index (χ2v) is 2.50. The number of rotatable bonds is 4. The molecular weight excluding hydrogens is 181 g/mol. The first-order valence-corrected chi connectivity index (χ1v) is 3.55. The van der Waals surface area contributed by atoms with Crippen LogP contribution in [0.5, 0.6) is 0 Å². The Kier molecular flexibility index (Phi) is 2.91. The van der Waals surface area contributed by atoms with E-state index in [2.05, 4.69) is 9.97 Å². The molecule has 1 aromatic rings. The van der Waals surface area contributed by atoms with Gasteiger partial charge in [0.25, 0.3) is 0 Å². The minimum absolute atomic E-state index is 0.00264. The molecule has 1 rings (SSSR count). The number of aromatic nitrogens is 2. The van der Waals surface area contributed by atoms with Gasteiger partial charge in [-0.1, -0.05) is 4.98 Å². The first kappa shape index (κ1) is 9.59. The summed E-state index contributed by atoms with van der Waals surface area (Å²) in [5, 5.41) is 19.0. The Labute approximate surface area is 72.6 Å². The SMILES string of the molecule is O=[N+]([O-])c1ncc(CC(O)CF)[nH]1. The lowest BCUT2D eigenvalue weighted by atomic mass is 10.2. The number of alkyl halides is 1. The zero-order valence-corrected chi connectivity index (χ0v) is 6.61. The topological polar surface area (TPSA) is 92.1 Å². The smallest absolute Gasteiger partial charge is 0.390 e. The van der Waals surface area contributed by atoms with Crippen LogP contribution in [0.3, 0.4) is 0 Å². The number of aliphatic hydroxyl groups is 1. The number of nitrogens with zero attached hydrogens (tertiary/aromatic N) is 2. The van der Waals surface area contributed by atoms with Gasteiger partial charge in [0.15, 0.2) is 0 Å². The van der Waals surface area contributed by atoms with Gasteiger partial charge in [0.2, 0.25) is 0 Å². The van der Waals surface area contributed by atoms with E-state index in [9.17, 15) is 14.5 Å². The fourth-order valence-electron chi connectivity index (χ4n) is 0.852. The minimum Gasteiger partial charge on any atom is -0.390 e. The van der Waals surface area contributed by atoms with E-state index in [0.29, 0.717) is 5.69 Å². The molecule has 1 atom stereocenters. The summed E-state index contributed by atoms with van der Waals surface area (Å²) in [4.78, 5) is 15.2. The third-order valence-corrected chi connectivity index (χ3v) is 1.42. The van der Waals surface area contributed by atoms with Crippen LogP contribution in [0.2, 0.25) is 0 Å². The van der Waals surface area contributed by atoms with Crippen molar-refractivity contribution in [2.24, 2.45) is 0 Å². The van der Waals surface area contributed by atoms with Crippen molar-refractivity contribution in [3.05, 3.63) is 22.0 Å². The summed E-state index contributed by atoms with van der Waals surface area (Å²) in [5.74, 6) is -0.402. The summed E-state index contributed by atoms with van der Waals surface area (Å²) in [6.45, 7) is -0.882. The van der Waals surface area contributed by atoms with Crippen LogP contribution in [0, 0.1) is 10.1 Å². The van der Waals surface area contributed by atoms with Crippen molar-refractivity contribution in [3.63, 3.8) is 0 Å². The van der Waals surface area contributed by atoms with Crippen molar-refractivity contribution in [2.45, 2.75) is 12.5 Å². The van der Waals surface area contributed by atoms with Crippen LogP contribution in [-0.4, -0.2) is 32.8 Å². The maximum atomic E-state index is 11.8. The Hall–Kier alpha value is -1.50. The molecule has 0 fully saturated rings. The molecule has 0 spiro atoms. The number of H-pyrrole nitrogens is 1. The predicted molar refractivity (Wildman–Crippen MR) is 40.9 cm³/mol. The average molecular weight is 189 g/mol. The number of halogens is 1. The van der Waals surface area contributed by atoms with Gasteiger partial charge in [-0.2, -0.15) is 0 Å². The third-order valence-electron chi connectivity index (χ3n) is 1.42. The van der Waals surface area contributed by atoms with Crippen LogP contribution in [0.1, 0.15) is 5.69 Å². The second-order valence-electron chi connectivity index (χ2n) is 2.50. The van der Waals surface area contributed by atoms with E-state index in [4.69, 9.17) is 5.11 Å². The molecule has 0 bridgehead atoms. The third kappa shape index (κ3) is 2.48. The lowest BCUT2D eigenvalue weighted by Crippen LogP contribution is -2.12. The molecule has 72 valence electrons. The first-order chi connectivity index (χ1) is 6.13. The van der Waals surface area contributed by atoms with Gasteiger partial charge in [0, 0.05) is 6.42 Å². The zero-order valence-electron chi connectivity index (χ0n) is 6.61. The van der Waals surface area contributed by atoms with Gasteiger partial charge >= 0.3 is 5.95 Å². The molecular formula is C6H8FN3O3. The Morgan fingerprint density at radius 1 is 1.85 bits per heavy atom. The van der Waals surface area contributed by atoms with E-state index in [1.54, 1.807) is 0 Å². The summed E-state index contributed by atoms with van der Waals surface area (Å²) < 4.78 is 11.8. The molecule has 0 aliphatic carbocycles. The first-order valence-electron chi connectivity index (χ1n) is 3.55. The Morgan fingerprint density at radius 3 is 3.00 bits per heavy atom. The number of imidazole rings is 1. The molecule has 13 heavy (non-hydrogen) atoms. The van der Waals surface area contributed by atoms with Gasteiger partial charge in [-0.05, 0) is 4.92 Å². The van der Waals surface area contributed by atoms with Crippen molar-refractivity contribution < 1.29 is 14.4 Å². The van der Waals surface area contributed by atoms with E-state index >= 15 is 0 Å². The van der Waals surface area contributed by atoms with E-state index in [1.165, 1.54) is 6.20 Å². The monoisotopic (exact) mass is 189 g/mol. The van der Waals surface area contributed by atoms with E-state index < -0.39 is 23.7 Å². The highest BCUT2D eigenvalue weighted by Crippen LogP contribution is 2.07. The molecule has 6 nitrogen and oxygen atoms in total. The number of hydrogen-bond acceptors (Lipinski definition) is 4. The van der Waals surface area contributed by atoms with Crippen molar-refractivity contribution in [3.8, 4) is 0 Å². The van der Waals surface area contributed by atoms with Gasteiger partial charge in [0.1, 0.15) is 18.6 Å². The maximum absolute atomic E-state index is 11.8. The second kappa shape index (κ2) is 3.94. The van der Waals surface area contributed by atoms with Crippen molar-refractivity contribution in [1.82, 2.24) is 9.97 Å². The summed E-state index contributed by atoms with van der Waals surface area (Å²) >= 11 is 0. The molecule has 1 heterocycles. The lowest BCUT2D eigenvalue weighted by molar-refractivity contribution is -0.393. The van der Waals surface area contributed by atoms with E-state index in [0.717, 1.165) is 0 Å². The fraction of sp³-hybridized carbons (Fsp3) is 0.500. The molecule has 7 heteroatoms. The lowest BCUT2D eigenvalue weighted by Gasteiger charge is -1.99. The average Bonchev–Trinajstić information content (AvgIpc) is 2.52. The number of nitrogens with one attached hydrogen (secondary N) is 1. The largest absolute Gasteiger partial charge is 0.432 e. The van der Waals surface area contributed by atoms with E-state index in [1.807, 2.05) is 0 Å². The standard InChI is InChI=1S/C6H8FN3O3/c7-2-5(11)1-4-3-8-6(9-4)10(12)13/h3,5,11H,1-2H2,(H,8,9). The Bertz CT molecular complexity index is 301. The van der Waals surface area contributed by atoms with E-state index in [-0.39, 0.29) is 6.42 Å². The summed E-state index contributed by atoms with van der Waals surface area (Å²) in [6.07, 6.45) is 0.0639. The number of aromatic amines is 1. The van der Waals surface area contributed by atoms with Crippen LogP contribution in [-0.2, 0) is 6.42 Å². The Morgan fingerprint density at radius 2 is 2.54 bits per heavy atom. The van der Waals surface area contributed by atoms with Crippen LogP contribution >= 0.6 is 0 Å². The molecule has 1 unspecified atom stereocenters. The molecule has 0 amide bonds. The normalized spacial score (nSPS) is 12.8. The summed E-state index contributed by atoms with van der Waals surface area (Å²) in [5.41, 5.74) is 0.344. The maximum Gasteiger partial charge on any atom is 0.432 e. The highest BCUT2D eigenvalue weighted by molar-refractivity contribution is 5.11. The molecule has 0 radical (unpaired) electrons. The number of aliphatic hydroxyl groups excluding tert-OH is 1. The molecule has 0 aromatic carbocycles. The van der Waals surface area contributed by atoms with Crippen LogP contribution in [0.4, 0.5) is 10.3 Å². The molecule has 0 aliphatic heterocycles. The molecule has 0 saturated heterocycles. The molecule has 0 saturated carbocycles.